The van der Waals surface area contributed by atoms with Gasteiger partial charge in [-0.1, -0.05) is 24.0 Å². The standard InChI is InChI=1S/C19H16FNO4S2/c1-23-14-10-16(25-3)15(24-2)8-11(14)9-17-18(22)21(19(26)27-17)13-6-4-12(20)5-7-13/h4-10H,1-3H3/b17-9+. The van der Waals surface area contributed by atoms with E-state index in [-0.39, 0.29) is 11.7 Å². The maximum absolute atomic E-state index is 13.2. The van der Waals surface area contributed by atoms with Crippen molar-refractivity contribution in [1.29, 1.82) is 0 Å². The molecular formula is C19H16FNO4S2. The number of methoxy groups -OCH3 is 3. The number of thiocarbonyl (C=S) groups is 1. The molecule has 0 spiro atoms. The molecule has 0 bridgehead atoms. The van der Waals surface area contributed by atoms with Crippen molar-refractivity contribution >= 4 is 46.0 Å². The molecule has 1 saturated heterocycles. The Bertz CT molecular complexity index is 928. The summed E-state index contributed by atoms with van der Waals surface area (Å²) in [7, 11) is 4.59. The first-order valence-corrected chi connectivity index (χ1v) is 9.04. The highest BCUT2D eigenvalue weighted by atomic mass is 32.2. The van der Waals surface area contributed by atoms with Crippen LogP contribution >= 0.6 is 24.0 Å². The number of carbonyl (C=O) groups excluding carboxylic acids is 1. The van der Waals surface area contributed by atoms with E-state index in [9.17, 15) is 9.18 Å². The van der Waals surface area contributed by atoms with Crippen LogP contribution in [-0.4, -0.2) is 31.6 Å². The average Bonchev–Trinajstić information content (AvgIpc) is 2.95. The molecule has 0 atom stereocenters. The lowest BCUT2D eigenvalue weighted by atomic mass is 10.1. The normalized spacial score (nSPS) is 15.4. The molecule has 0 saturated carbocycles. The molecule has 27 heavy (non-hydrogen) atoms. The van der Waals surface area contributed by atoms with Gasteiger partial charge in [0.05, 0.1) is 31.9 Å². The lowest BCUT2D eigenvalue weighted by Gasteiger charge is -2.14. The Morgan fingerprint density at radius 3 is 2.19 bits per heavy atom. The molecular weight excluding hydrogens is 389 g/mol. The fourth-order valence-corrected chi connectivity index (χ4v) is 3.88. The van der Waals surface area contributed by atoms with Gasteiger partial charge in [0.1, 0.15) is 11.6 Å². The Kier molecular flexibility index (Phi) is 5.67. The van der Waals surface area contributed by atoms with Gasteiger partial charge in [-0.25, -0.2) is 4.39 Å². The Morgan fingerprint density at radius 1 is 1.00 bits per heavy atom. The Morgan fingerprint density at radius 2 is 1.59 bits per heavy atom. The quantitative estimate of drug-likeness (QED) is 0.547. The van der Waals surface area contributed by atoms with Crippen molar-refractivity contribution < 1.29 is 23.4 Å². The summed E-state index contributed by atoms with van der Waals surface area (Å²) in [5.74, 6) is 0.895. The maximum atomic E-state index is 13.2. The number of amides is 1. The number of hydrogen-bond donors (Lipinski definition) is 0. The number of anilines is 1. The van der Waals surface area contributed by atoms with Crippen molar-refractivity contribution in [3.8, 4) is 17.2 Å². The van der Waals surface area contributed by atoms with E-state index in [4.69, 9.17) is 26.4 Å². The maximum Gasteiger partial charge on any atom is 0.270 e. The van der Waals surface area contributed by atoms with E-state index in [2.05, 4.69) is 0 Å². The Labute approximate surface area is 165 Å². The zero-order valence-corrected chi connectivity index (χ0v) is 16.4. The second-order valence-electron chi connectivity index (χ2n) is 5.44. The summed E-state index contributed by atoms with van der Waals surface area (Å²) < 4.78 is 29.5. The molecule has 140 valence electrons. The second kappa shape index (κ2) is 7.98. The van der Waals surface area contributed by atoms with Crippen LogP contribution in [0.1, 0.15) is 5.56 Å². The summed E-state index contributed by atoms with van der Waals surface area (Å²) in [6.07, 6.45) is 1.68. The summed E-state index contributed by atoms with van der Waals surface area (Å²) in [5.41, 5.74) is 1.16. The first kappa shape index (κ1) is 19.2. The molecule has 0 unspecified atom stereocenters. The number of hydrogen-bond acceptors (Lipinski definition) is 6. The molecule has 1 heterocycles. The third-order valence-corrected chi connectivity index (χ3v) is 5.20. The minimum absolute atomic E-state index is 0.284. The van der Waals surface area contributed by atoms with Gasteiger partial charge in [0, 0.05) is 11.6 Å². The zero-order chi connectivity index (χ0) is 19.6. The minimum Gasteiger partial charge on any atom is -0.496 e. The molecule has 3 rings (SSSR count). The lowest BCUT2D eigenvalue weighted by molar-refractivity contribution is -0.113. The van der Waals surface area contributed by atoms with Crippen molar-refractivity contribution in [2.75, 3.05) is 26.2 Å². The fourth-order valence-electron chi connectivity index (χ4n) is 2.59. The molecule has 5 nitrogen and oxygen atoms in total. The van der Waals surface area contributed by atoms with E-state index in [1.54, 1.807) is 18.2 Å². The van der Waals surface area contributed by atoms with Crippen LogP contribution < -0.4 is 19.1 Å². The highest BCUT2D eigenvalue weighted by molar-refractivity contribution is 8.27. The van der Waals surface area contributed by atoms with Crippen molar-refractivity contribution in [1.82, 2.24) is 0 Å². The van der Waals surface area contributed by atoms with Crippen LogP contribution in [0.5, 0.6) is 17.2 Å². The number of carbonyl (C=O) groups is 1. The van der Waals surface area contributed by atoms with Gasteiger partial charge >= 0.3 is 0 Å². The topological polar surface area (TPSA) is 48.0 Å². The van der Waals surface area contributed by atoms with Crippen molar-refractivity contribution in [2.45, 2.75) is 0 Å². The van der Waals surface area contributed by atoms with Crippen LogP contribution in [0.15, 0.2) is 41.3 Å². The van der Waals surface area contributed by atoms with Crippen molar-refractivity contribution in [3.05, 3.63) is 52.7 Å². The molecule has 1 fully saturated rings. The zero-order valence-electron chi connectivity index (χ0n) is 14.8. The molecule has 2 aromatic carbocycles. The summed E-state index contributed by atoms with van der Waals surface area (Å²) >= 11 is 6.50. The van der Waals surface area contributed by atoms with Crippen LogP contribution in [-0.2, 0) is 4.79 Å². The molecule has 2 aromatic rings. The number of benzene rings is 2. The highest BCUT2D eigenvalue weighted by Crippen LogP contribution is 2.40. The van der Waals surface area contributed by atoms with Crippen molar-refractivity contribution in [3.63, 3.8) is 0 Å². The summed E-state index contributed by atoms with van der Waals surface area (Å²) in [5, 5.41) is 0. The summed E-state index contributed by atoms with van der Waals surface area (Å²) in [6, 6.07) is 9.01. The fraction of sp³-hybridized carbons (Fsp3) is 0.158. The van der Waals surface area contributed by atoms with E-state index in [1.165, 1.54) is 62.3 Å². The third-order valence-electron chi connectivity index (χ3n) is 3.90. The van der Waals surface area contributed by atoms with E-state index < -0.39 is 0 Å². The smallest absolute Gasteiger partial charge is 0.270 e. The predicted octanol–water partition coefficient (Wildman–Crippen LogP) is 4.26. The van der Waals surface area contributed by atoms with Crippen LogP contribution in [0, 0.1) is 5.82 Å². The first-order chi connectivity index (χ1) is 13.0. The summed E-state index contributed by atoms with van der Waals surface area (Å²) in [6.45, 7) is 0. The number of thioether (sulfide) groups is 1. The first-order valence-electron chi connectivity index (χ1n) is 7.82. The Balaban J connectivity index is 1.99. The largest absolute Gasteiger partial charge is 0.496 e. The van der Waals surface area contributed by atoms with Gasteiger partial charge in [-0.15, -0.1) is 0 Å². The van der Waals surface area contributed by atoms with Crippen LogP contribution in [0.2, 0.25) is 0 Å². The van der Waals surface area contributed by atoms with Crippen LogP contribution in [0.25, 0.3) is 6.08 Å². The minimum atomic E-state index is -0.380. The van der Waals surface area contributed by atoms with E-state index in [0.717, 1.165) is 0 Å². The second-order valence-corrected chi connectivity index (χ2v) is 7.12. The lowest BCUT2D eigenvalue weighted by Crippen LogP contribution is -2.27. The van der Waals surface area contributed by atoms with Crippen LogP contribution in [0.3, 0.4) is 0 Å². The molecule has 0 aromatic heterocycles. The van der Waals surface area contributed by atoms with Gasteiger partial charge in [-0.3, -0.25) is 9.69 Å². The van der Waals surface area contributed by atoms with Gasteiger partial charge in [0.15, 0.2) is 15.8 Å². The van der Waals surface area contributed by atoms with Gasteiger partial charge in [-0.05, 0) is 36.4 Å². The van der Waals surface area contributed by atoms with Crippen LogP contribution in [0.4, 0.5) is 10.1 Å². The molecule has 1 aliphatic rings. The Hall–Kier alpha value is -2.58. The van der Waals surface area contributed by atoms with Gasteiger partial charge in [-0.2, -0.15) is 0 Å². The van der Waals surface area contributed by atoms with E-state index in [1.807, 2.05) is 0 Å². The number of rotatable bonds is 5. The van der Waals surface area contributed by atoms with Gasteiger partial charge in [0.2, 0.25) is 0 Å². The molecule has 0 N–H and O–H groups in total. The van der Waals surface area contributed by atoms with Gasteiger partial charge in [0.25, 0.3) is 5.91 Å². The molecule has 8 heteroatoms. The number of nitrogens with zero attached hydrogens (tertiary/aromatic N) is 1. The SMILES string of the molecule is COc1cc(OC)c(OC)cc1/C=C1/SC(=S)N(c2ccc(F)cc2)C1=O. The molecule has 0 radical (unpaired) electrons. The average molecular weight is 405 g/mol. The van der Waals surface area contributed by atoms with Crippen molar-refractivity contribution in [2.24, 2.45) is 0 Å². The highest BCUT2D eigenvalue weighted by Gasteiger charge is 2.33. The number of halogens is 1. The van der Waals surface area contributed by atoms with E-state index in [0.29, 0.717) is 37.7 Å². The third kappa shape index (κ3) is 3.77. The number of ether oxygens (including phenoxy) is 3. The molecule has 0 aliphatic carbocycles. The van der Waals surface area contributed by atoms with E-state index >= 15 is 0 Å². The summed E-state index contributed by atoms with van der Waals surface area (Å²) in [4.78, 5) is 14.6. The molecule has 1 aliphatic heterocycles. The van der Waals surface area contributed by atoms with Gasteiger partial charge < -0.3 is 14.2 Å². The monoisotopic (exact) mass is 405 g/mol. The molecule has 1 amide bonds. The predicted molar refractivity (Wildman–Crippen MR) is 108 cm³/mol.